The van der Waals surface area contributed by atoms with Gasteiger partial charge in [-0.1, -0.05) is 38.1 Å². The summed E-state index contributed by atoms with van der Waals surface area (Å²) < 4.78 is 39.4. The molecule has 0 radical (unpaired) electrons. The van der Waals surface area contributed by atoms with Crippen LogP contribution in [-0.2, 0) is 11.3 Å². The van der Waals surface area contributed by atoms with Gasteiger partial charge in [0.05, 0.1) is 0 Å². The Hall–Kier alpha value is -1.72. The molecule has 106 valence electrons. The van der Waals surface area contributed by atoms with Crippen molar-refractivity contribution < 1.29 is 22.7 Å². The van der Waals surface area contributed by atoms with Crippen LogP contribution in [0.25, 0.3) is 0 Å². The number of ether oxygens (including phenoxy) is 1. The molecule has 0 heterocycles. The van der Waals surface area contributed by atoms with Gasteiger partial charge < -0.3 is 10.1 Å². The van der Waals surface area contributed by atoms with Gasteiger partial charge in [0, 0.05) is 6.54 Å². The Balaban J connectivity index is 2.38. The maximum absolute atomic E-state index is 11.8. The van der Waals surface area contributed by atoms with E-state index in [4.69, 9.17) is 0 Å². The van der Waals surface area contributed by atoms with Crippen LogP contribution >= 0.6 is 0 Å². The molecule has 0 atom stereocenters. The first kappa shape index (κ1) is 15.3. The largest absolute Gasteiger partial charge is 0.440 e. The number of hydrogen-bond acceptors (Lipinski definition) is 2. The molecule has 3 nitrogen and oxygen atoms in total. The Kier molecular flexibility index (Phi) is 5.20. The molecule has 1 rings (SSSR count). The van der Waals surface area contributed by atoms with E-state index in [1.165, 1.54) is 0 Å². The highest BCUT2D eigenvalue weighted by Crippen LogP contribution is 2.15. The predicted octanol–water partition coefficient (Wildman–Crippen LogP) is 3.60. The first-order chi connectivity index (χ1) is 8.78. The number of alkyl halides is 3. The van der Waals surface area contributed by atoms with Crippen LogP contribution in [0.1, 0.15) is 30.9 Å². The van der Waals surface area contributed by atoms with E-state index in [1.54, 1.807) is 0 Å². The summed E-state index contributed by atoms with van der Waals surface area (Å²) in [5.74, 6) is 0.402. The number of nitrogens with one attached hydrogen (secondary N) is 1. The molecular weight excluding hydrogens is 259 g/mol. The number of rotatable bonds is 4. The second-order valence-corrected chi connectivity index (χ2v) is 4.44. The van der Waals surface area contributed by atoms with Crippen LogP contribution in [0, 0.1) is 0 Å². The summed E-state index contributed by atoms with van der Waals surface area (Å²) in [7, 11) is 0. The Labute approximate surface area is 109 Å². The molecule has 0 aliphatic carbocycles. The van der Waals surface area contributed by atoms with Crippen molar-refractivity contribution >= 4 is 6.09 Å². The highest BCUT2D eigenvalue weighted by atomic mass is 19.4. The molecule has 1 N–H and O–H groups in total. The quantitative estimate of drug-likeness (QED) is 0.911. The minimum absolute atomic E-state index is 0.134. The molecule has 19 heavy (non-hydrogen) atoms. The van der Waals surface area contributed by atoms with Gasteiger partial charge in [-0.3, -0.25) is 0 Å². The molecule has 6 heteroatoms. The van der Waals surface area contributed by atoms with Crippen molar-refractivity contribution in [3.05, 3.63) is 35.4 Å². The normalized spacial score (nSPS) is 11.5. The van der Waals surface area contributed by atoms with Crippen molar-refractivity contribution in [3.8, 4) is 0 Å². The SMILES string of the molecule is CC(C)c1ccc(CNC(=O)OCC(F)(F)F)cc1. The summed E-state index contributed by atoms with van der Waals surface area (Å²) in [6, 6.07) is 7.48. The van der Waals surface area contributed by atoms with E-state index in [1.807, 2.05) is 24.3 Å². The lowest BCUT2D eigenvalue weighted by molar-refractivity contribution is -0.160. The monoisotopic (exact) mass is 275 g/mol. The second kappa shape index (κ2) is 6.45. The van der Waals surface area contributed by atoms with Gasteiger partial charge in [-0.15, -0.1) is 0 Å². The topological polar surface area (TPSA) is 38.3 Å². The van der Waals surface area contributed by atoms with E-state index in [0.717, 1.165) is 11.1 Å². The van der Waals surface area contributed by atoms with Gasteiger partial charge in [-0.25, -0.2) is 4.79 Å². The lowest BCUT2D eigenvalue weighted by Crippen LogP contribution is -2.28. The third-order valence-electron chi connectivity index (χ3n) is 2.45. The van der Waals surface area contributed by atoms with Crippen molar-refractivity contribution in [1.82, 2.24) is 5.32 Å². The number of amides is 1. The van der Waals surface area contributed by atoms with E-state index in [9.17, 15) is 18.0 Å². The van der Waals surface area contributed by atoms with Crippen LogP contribution in [0.15, 0.2) is 24.3 Å². The van der Waals surface area contributed by atoms with Gasteiger partial charge >= 0.3 is 12.3 Å². The fourth-order valence-electron chi connectivity index (χ4n) is 1.39. The maximum atomic E-state index is 11.8. The number of benzene rings is 1. The van der Waals surface area contributed by atoms with Gasteiger partial charge in [0.2, 0.25) is 0 Å². The lowest BCUT2D eigenvalue weighted by Gasteiger charge is -2.10. The average molecular weight is 275 g/mol. The highest BCUT2D eigenvalue weighted by molar-refractivity contribution is 5.67. The maximum Gasteiger partial charge on any atom is 0.422 e. The predicted molar refractivity (Wildman–Crippen MR) is 64.8 cm³/mol. The number of carbonyl (C=O) groups excluding carboxylic acids is 1. The minimum Gasteiger partial charge on any atom is -0.440 e. The Morgan fingerprint density at radius 1 is 1.26 bits per heavy atom. The van der Waals surface area contributed by atoms with Crippen molar-refractivity contribution in [3.63, 3.8) is 0 Å². The van der Waals surface area contributed by atoms with Crippen LogP contribution in [0.5, 0.6) is 0 Å². The molecule has 0 aromatic heterocycles. The molecule has 1 amide bonds. The molecular formula is C13H16F3NO2. The van der Waals surface area contributed by atoms with E-state index in [2.05, 4.69) is 23.9 Å². The molecule has 0 bridgehead atoms. The van der Waals surface area contributed by atoms with Gasteiger partial charge in [-0.2, -0.15) is 13.2 Å². The number of halogens is 3. The van der Waals surface area contributed by atoms with E-state index in [0.29, 0.717) is 5.92 Å². The molecule has 0 aliphatic heterocycles. The summed E-state index contributed by atoms with van der Waals surface area (Å²) in [6.45, 7) is 2.67. The smallest absolute Gasteiger partial charge is 0.422 e. The summed E-state index contributed by atoms with van der Waals surface area (Å²) in [5.41, 5.74) is 1.96. The third-order valence-corrected chi connectivity index (χ3v) is 2.45. The zero-order valence-electron chi connectivity index (χ0n) is 10.8. The van der Waals surface area contributed by atoms with Crippen LogP contribution in [0.2, 0.25) is 0 Å². The van der Waals surface area contributed by atoms with E-state index >= 15 is 0 Å². The van der Waals surface area contributed by atoms with Gasteiger partial charge in [-0.05, 0) is 17.0 Å². The number of hydrogen-bond donors (Lipinski definition) is 1. The molecule has 0 fully saturated rings. The zero-order valence-corrected chi connectivity index (χ0v) is 10.8. The summed E-state index contributed by atoms with van der Waals surface area (Å²) in [5, 5.41) is 2.26. The number of carbonyl (C=O) groups is 1. The first-order valence-electron chi connectivity index (χ1n) is 5.84. The van der Waals surface area contributed by atoms with Gasteiger partial charge in [0.15, 0.2) is 6.61 Å². The molecule has 0 unspecified atom stereocenters. The van der Waals surface area contributed by atoms with Crippen LogP contribution < -0.4 is 5.32 Å². The minimum atomic E-state index is -4.50. The second-order valence-electron chi connectivity index (χ2n) is 4.44. The third kappa shape index (κ3) is 6.13. The molecule has 1 aromatic rings. The van der Waals surface area contributed by atoms with Crippen molar-refractivity contribution in [1.29, 1.82) is 0 Å². The van der Waals surface area contributed by atoms with Crippen LogP contribution in [0.4, 0.5) is 18.0 Å². The van der Waals surface area contributed by atoms with Gasteiger partial charge in [0.25, 0.3) is 0 Å². The van der Waals surface area contributed by atoms with Gasteiger partial charge in [0.1, 0.15) is 0 Å². The summed E-state index contributed by atoms with van der Waals surface area (Å²) in [4.78, 5) is 11.0. The first-order valence-corrected chi connectivity index (χ1v) is 5.84. The van der Waals surface area contributed by atoms with Crippen molar-refractivity contribution in [2.75, 3.05) is 6.61 Å². The zero-order chi connectivity index (χ0) is 14.5. The van der Waals surface area contributed by atoms with Crippen LogP contribution in [-0.4, -0.2) is 18.9 Å². The Bertz CT molecular complexity index is 413. The molecule has 0 saturated heterocycles. The van der Waals surface area contributed by atoms with E-state index in [-0.39, 0.29) is 6.54 Å². The molecule has 0 saturated carbocycles. The molecule has 0 spiro atoms. The Morgan fingerprint density at radius 3 is 2.32 bits per heavy atom. The summed E-state index contributed by atoms with van der Waals surface area (Å²) in [6.07, 6.45) is -5.58. The fraction of sp³-hybridized carbons (Fsp3) is 0.462. The van der Waals surface area contributed by atoms with Crippen molar-refractivity contribution in [2.45, 2.75) is 32.5 Å². The number of alkyl carbamates (subject to hydrolysis) is 1. The fourth-order valence-corrected chi connectivity index (χ4v) is 1.39. The standard InChI is InChI=1S/C13H16F3NO2/c1-9(2)11-5-3-10(4-6-11)7-17-12(18)19-8-13(14,15)16/h3-6,9H,7-8H2,1-2H3,(H,17,18). The average Bonchev–Trinajstić information content (AvgIpc) is 2.33. The molecule has 0 aliphatic rings. The Morgan fingerprint density at radius 2 is 1.84 bits per heavy atom. The van der Waals surface area contributed by atoms with E-state index < -0.39 is 18.9 Å². The van der Waals surface area contributed by atoms with Crippen LogP contribution in [0.3, 0.4) is 0 Å². The lowest BCUT2D eigenvalue weighted by atomic mass is 10.0. The summed E-state index contributed by atoms with van der Waals surface area (Å²) >= 11 is 0. The van der Waals surface area contributed by atoms with Crippen molar-refractivity contribution in [2.24, 2.45) is 0 Å². The highest BCUT2D eigenvalue weighted by Gasteiger charge is 2.29. The molecule has 1 aromatic carbocycles.